The van der Waals surface area contributed by atoms with Gasteiger partial charge in [0, 0.05) is 29.1 Å². The highest BCUT2D eigenvalue weighted by Crippen LogP contribution is 2.31. The molecule has 0 aromatic carbocycles. The minimum Gasteiger partial charge on any atom is -0.259 e. The number of aromatic nitrogens is 2. The van der Waals surface area contributed by atoms with Crippen molar-refractivity contribution in [2.45, 2.75) is 56.8 Å². The second-order valence-corrected chi connectivity index (χ2v) is 9.36. The summed E-state index contributed by atoms with van der Waals surface area (Å²) in [6.45, 7) is 9.60. The van der Waals surface area contributed by atoms with E-state index >= 15 is 0 Å². The highest BCUT2D eigenvalue weighted by atomic mass is 32.2. The van der Waals surface area contributed by atoms with Crippen LogP contribution in [0.1, 0.15) is 51.7 Å². The van der Waals surface area contributed by atoms with Gasteiger partial charge < -0.3 is 0 Å². The Hall–Kier alpha value is -1.86. The normalized spacial score (nSPS) is 13.1. The van der Waals surface area contributed by atoms with E-state index in [1.54, 1.807) is 19.9 Å². The van der Waals surface area contributed by atoms with E-state index < -0.39 is 21.3 Å². The summed E-state index contributed by atoms with van der Waals surface area (Å²) >= 11 is 0. The summed E-state index contributed by atoms with van der Waals surface area (Å²) in [7, 11) is -3.93. The van der Waals surface area contributed by atoms with Gasteiger partial charge in [-0.15, -0.1) is 0 Å². The third-order valence-corrected chi connectivity index (χ3v) is 4.96. The van der Waals surface area contributed by atoms with Crippen LogP contribution in [0.5, 0.6) is 0 Å². The first-order chi connectivity index (χ1) is 11.3. The third-order valence-electron chi connectivity index (χ3n) is 4.01. The van der Waals surface area contributed by atoms with Crippen LogP contribution < -0.4 is 5.14 Å². The second-order valence-electron chi connectivity index (χ2n) is 7.83. The zero-order chi connectivity index (χ0) is 19.0. The SMILES string of the molecule is CC(C)(C)c1ccc(F)c(CC(C)(C)c2ncccc2S(N)(=O)=O)n1. The Morgan fingerprint density at radius 3 is 2.32 bits per heavy atom. The fourth-order valence-electron chi connectivity index (χ4n) is 2.66. The van der Waals surface area contributed by atoms with Crippen molar-refractivity contribution in [2.75, 3.05) is 0 Å². The average Bonchev–Trinajstić information content (AvgIpc) is 2.47. The number of halogens is 1. The Kier molecular flexibility index (Phi) is 5.03. The Balaban J connectivity index is 2.51. The summed E-state index contributed by atoms with van der Waals surface area (Å²) in [5.41, 5.74) is 0.368. The van der Waals surface area contributed by atoms with E-state index in [1.807, 2.05) is 20.8 Å². The topological polar surface area (TPSA) is 85.9 Å². The van der Waals surface area contributed by atoms with Gasteiger partial charge in [-0.3, -0.25) is 9.97 Å². The van der Waals surface area contributed by atoms with E-state index in [9.17, 15) is 12.8 Å². The largest absolute Gasteiger partial charge is 0.259 e. The molecule has 0 unspecified atom stereocenters. The van der Waals surface area contributed by atoms with E-state index in [4.69, 9.17) is 5.14 Å². The maximum absolute atomic E-state index is 14.3. The lowest BCUT2D eigenvalue weighted by atomic mass is 9.83. The predicted molar refractivity (Wildman–Crippen MR) is 95.2 cm³/mol. The minimum absolute atomic E-state index is 0.0487. The van der Waals surface area contributed by atoms with E-state index in [0.717, 1.165) is 5.69 Å². The van der Waals surface area contributed by atoms with Crippen molar-refractivity contribution in [2.24, 2.45) is 5.14 Å². The van der Waals surface area contributed by atoms with Gasteiger partial charge in [-0.1, -0.05) is 34.6 Å². The number of hydrogen-bond donors (Lipinski definition) is 1. The maximum Gasteiger partial charge on any atom is 0.239 e. The van der Waals surface area contributed by atoms with Crippen LogP contribution in [-0.4, -0.2) is 18.4 Å². The summed E-state index contributed by atoms with van der Waals surface area (Å²) in [4.78, 5) is 8.62. The average molecular weight is 365 g/mol. The van der Waals surface area contributed by atoms with Crippen molar-refractivity contribution < 1.29 is 12.8 Å². The molecule has 7 heteroatoms. The van der Waals surface area contributed by atoms with Crippen molar-refractivity contribution in [3.05, 3.63) is 53.4 Å². The molecular formula is C18H24FN3O2S. The van der Waals surface area contributed by atoms with Gasteiger partial charge in [0.2, 0.25) is 10.0 Å². The Morgan fingerprint density at radius 1 is 1.12 bits per heavy atom. The van der Waals surface area contributed by atoms with Gasteiger partial charge in [-0.05, 0) is 24.3 Å². The number of nitrogens with zero attached hydrogens (tertiary/aromatic N) is 2. The molecule has 0 aliphatic heterocycles. The van der Waals surface area contributed by atoms with Crippen LogP contribution in [0.25, 0.3) is 0 Å². The van der Waals surface area contributed by atoms with Gasteiger partial charge in [-0.2, -0.15) is 0 Å². The van der Waals surface area contributed by atoms with Gasteiger partial charge in [0.25, 0.3) is 0 Å². The molecular weight excluding hydrogens is 341 g/mol. The van der Waals surface area contributed by atoms with Crippen molar-refractivity contribution >= 4 is 10.0 Å². The second kappa shape index (κ2) is 6.46. The molecule has 0 aliphatic carbocycles. The van der Waals surface area contributed by atoms with Crippen molar-refractivity contribution in [3.8, 4) is 0 Å². The first-order valence-corrected chi connectivity index (χ1v) is 9.51. The minimum atomic E-state index is -3.93. The third kappa shape index (κ3) is 4.41. The number of rotatable bonds is 4. The first kappa shape index (κ1) is 19.5. The molecule has 0 atom stereocenters. The van der Waals surface area contributed by atoms with Gasteiger partial charge >= 0.3 is 0 Å². The molecule has 0 bridgehead atoms. The lowest BCUT2D eigenvalue weighted by molar-refractivity contribution is 0.460. The lowest BCUT2D eigenvalue weighted by Gasteiger charge is -2.26. The lowest BCUT2D eigenvalue weighted by Crippen LogP contribution is -2.28. The van der Waals surface area contributed by atoms with Gasteiger partial charge in [-0.25, -0.2) is 17.9 Å². The van der Waals surface area contributed by atoms with Crippen molar-refractivity contribution in [1.82, 2.24) is 9.97 Å². The van der Waals surface area contributed by atoms with Gasteiger partial charge in [0.15, 0.2) is 0 Å². The molecule has 2 N–H and O–H groups in total. The van der Waals surface area contributed by atoms with Crippen molar-refractivity contribution in [3.63, 3.8) is 0 Å². The van der Waals surface area contributed by atoms with Crippen LogP contribution in [0.15, 0.2) is 35.4 Å². The quantitative estimate of drug-likeness (QED) is 0.902. The van der Waals surface area contributed by atoms with E-state index in [1.165, 1.54) is 24.4 Å². The highest BCUT2D eigenvalue weighted by Gasteiger charge is 2.31. The van der Waals surface area contributed by atoms with Crippen LogP contribution in [0, 0.1) is 5.82 Å². The molecule has 2 aromatic rings. The molecule has 0 radical (unpaired) electrons. The van der Waals surface area contributed by atoms with E-state index in [-0.39, 0.29) is 22.4 Å². The molecule has 2 heterocycles. The standard InChI is InChI=1S/C18H24FN3O2S/c1-17(2,3)15-9-8-12(19)13(22-15)11-18(4,5)16-14(25(20,23)24)7-6-10-21-16/h6-10H,11H2,1-5H3,(H2,20,23,24). The molecule has 25 heavy (non-hydrogen) atoms. The van der Waals surface area contributed by atoms with Crippen LogP contribution in [0.4, 0.5) is 4.39 Å². The molecule has 0 aliphatic rings. The van der Waals surface area contributed by atoms with Crippen molar-refractivity contribution in [1.29, 1.82) is 0 Å². The Labute approximate surface area is 148 Å². The first-order valence-electron chi connectivity index (χ1n) is 7.96. The summed E-state index contributed by atoms with van der Waals surface area (Å²) in [6, 6.07) is 5.99. The molecule has 2 rings (SSSR count). The summed E-state index contributed by atoms with van der Waals surface area (Å²) in [5.74, 6) is -0.422. The number of hydrogen-bond acceptors (Lipinski definition) is 4. The van der Waals surface area contributed by atoms with Crippen LogP contribution in [-0.2, 0) is 27.3 Å². The molecule has 136 valence electrons. The molecule has 0 fully saturated rings. The molecule has 0 amide bonds. The molecule has 2 aromatic heterocycles. The fraction of sp³-hybridized carbons (Fsp3) is 0.444. The zero-order valence-electron chi connectivity index (χ0n) is 15.2. The summed E-state index contributed by atoms with van der Waals surface area (Å²) in [6.07, 6.45) is 1.70. The zero-order valence-corrected chi connectivity index (χ0v) is 16.0. The number of pyridine rings is 2. The molecule has 5 nitrogen and oxygen atoms in total. The molecule has 0 saturated heterocycles. The number of primary sulfonamides is 1. The Bertz CT molecular complexity index is 887. The van der Waals surface area contributed by atoms with E-state index in [2.05, 4.69) is 9.97 Å². The van der Waals surface area contributed by atoms with Gasteiger partial charge in [0.1, 0.15) is 10.7 Å². The number of nitrogens with two attached hydrogens (primary N) is 1. The Morgan fingerprint density at radius 2 is 1.76 bits per heavy atom. The highest BCUT2D eigenvalue weighted by molar-refractivity contribution is 7.89. The van der Waals surface area contributed by atoms with Crippen LogP contribution >= 0.6 is 0 Å². The molecule has 0 spiro atoms. The summed E-state index contributed by atoms with van der Waals surface area (Å²) in [5, 5.41) is 5.30. The maximum atomic E-state index is 14.3. The summed E-state index contributed by atoms with van der Waals surface area (Å²) < 4.78 is 38.0. The van der Waals surface area contributed by atoms with Gasteiger partial charge in [0.05, 0.1) is 11.4 Å². The van der Waals surface area contributed by atoms with Crippen LogP contribution in [0.2, 0.25) is 0 Å². The fourth-order valence-corrected chi connectivity index (χ4v) is 3.52. The van der Waals surface area contributed by atoms with Crippen LogP contribution in [0.3, 0.4) is 0 Å². The van der Waals surface area contributed by atoms with E-state index in [0.29, 0.717) is 5.69 Å². The monoisotopic (exact) mass is 365 g/mol. The smallest absolute Gasteiger partial charge is 0.239 e. The predicted octanol–water partition coefficient (Wildman–Crippen LogP) is 3.08. The molecule has 0 saturated carbocycles. The number of sulfonamides is 1.